The van der Waals surface area contributed by atoms with Crippen molar-refractivity contribution in [2.24, 2.45) is 0 Å². The highest BCUT2D eigenvalue weighted by atomic mass is 28.3. The predicted octanol–water partition coefficient (Wildman–Crippen LogP) is -2.40. The van der Waals surface area contributed by atoms with Crippen molar-refractivity contribution in [3.05, 3.63) is 0 Å². The molecule has 0 aromatic rings. The molecule has 70 valence electrons. The molecule has 0 bridgehead atoms. The fourth-order valence-corrected chi connectivity index (χ4v) is 0.0577. The van der Waals surface area contributed by atoms with Gasteiger partial charge in [0, 0.05) is 0 Å². The van der Waals surface area contributed by atoms with Crippen LogP contribution in [-0.4, -0.2) is 54.2 Å². The van der Waals surface area contributed by atoms with Gasteiger partial charge in [-0.3, -0.25) is 0 Å². The molecular formula is C5H18O4Si2. The maximum absolute atomic E-state index is 8.17. The van der Waals surface area contributed by atoms with Gasteiger partial charge in [-0.15, -0.1) is 0 Å². The van der Waals surface area contributed by atoms with E-state index in [1.807, 2.05) is 0 Å². The maximum Gasteiger partial charge on any atom is 0.156 e. The zero-order valence-corrected chi connectivity index (χ0v) is 10.5. The summed E-state index contributed by atoms with van der Waals surface area (Å²) in [5.74, 6) is 0. The molecule has 6 heteroatoms. The molecule has 0 rings (SSSR count). The van der Waals surface area contributed by atoms with Crippen LogP contribution in [0.5, 0.6) is 0 Å². The Balaban J connectivity index is 0. The Bertz CT molecular complexity index is 67.5. The highest BCUT2D eigenvalue weighted by molar-refractivity contribution is 6.52. The van der Waals surface area contributed by atoms with E-state index < -0.39 is 15.1 Å². The van der Waals surface area contributed by atoms with Gasteiger partial charge in [-0.05, 0) is 13.1 Å². The molecule has 0 fully saturated rings. The molecule has 0 saturated heterocycles. The molecule has 0 aliphatic heterocycles. The lowest BCUT2D eigenvalue weighted by atomic mass is 10.4. The standard InChI is InChI=1S/C3H8O3.C2H10OSi2/c4-1-3(6)2-5;1-5(2)3-4/h3-6H,1-2H2;5H,1-2,4H3. The van der Waals surface area contributed by atoms with Crippen molar-refractivity contribution in [3.63, 3.8) is 0 Å². The molecule has 0 aromatic carbocycles. The summed E-state index contributed by atoms with van der Waals surface area (Å²) in [4.78, 5) is 0. The number of hydrogen-bond acceptors (Lipinski definition) is 4. The maximum atomic E-state index is 8.17. The molecule has 0 saturated carbocycles. The summed E-state index contributed by atoms with van der Waals surface area (Å²) in [6, 6.07) is 0. The minimum atomic E-state index is -0.954. The number of aliphatic hydroxyl groups excluding tert-OH is 3. The molecule has 0 atom stereocenters. The number of rotatable bonds is 3. The van der Waals surface area contributed by atoms with E-state index in [9.17, 15) is 0 Å². The van der Waals surface area contributed by atoms with E-state index in [4.69, 9.17) is 19.4 Å². The van der Waals surface area contributed by atoms with E-state index in [-0.39, 0.29) is 13.2 Å². The first-order chi connectivity index (χ1) is 5.08. The zero-order chi connectivity index (χ0) is 9.28. The molecule has 0 aliphatic rings. The van der Waals surface area contributed by atoms with Crippen LogP contribution in [0.15, 0.2) is 0 Å². The third-order valence-corrected chi connectivity index (χ3v) is 4.66. The quantitative estimate of drug-likeness (QED) is 0.442. The second kappa shape index (κ2) is 10.3. The van der Waals surface area contributed by atoms with E-state index in [2.05, 4.69) is 13.1 Å². The van der Waals surface area contributed by atoms with Crippen molar-refractivity contribution < 1.29 is 19.4 Å². The Morgan fingerprint density at radius 2 is 1.64 bits per heavy atom. The van der Waals surface area contributed by atoms with Gasteiger partial charge in [0.15, 0.2) is 9.04 Å². The first kappa shape index (κ1) is 13.8. The van der Waals surface area contributed by atoms with E-state index in [0.717, 1.165) is 10.5 Å². The SMILES string of the molecule is C[SiH](C)O[SiH3].OCC(O)CO. The lowest BCUT2D eigenvalue weighted by Crippen LogP contribution is -2.15. The fraction of sp³-hybridized carbons (Fsp3) is 1.00. The molecular weight excluding hydrogens is 180 g/mol. The summed E-state index contributed by atoms with van der Waals surface area (Å²) < 4.78 is 5.03. The first-order valence-electron chi connectivity index (χ1n) is 3.51. The van der Waals surface area contributed by atoms with Crippen molar-refractivity contribution in [2.75, 3.05) is 13.2 Å². The summed E-state index contributed by atoms with van der Waals surface area (Å²) in [6.45, 7) is 3.62. The lowest BCUT2D eigenvalue weighted by Gasteiger charge is -1.96. The van der Waals surface area contributed by atoms with Gasteiger partial charge in [-0.25, -0.2) is 0 Å². The number of aliphatic hydroxyl groups is 3. The minimum absolute atomic E-state index is 0.365. The van der Waals surface area contributed by atoms with E-state index in [1.54, 1.807) is 0 Å². The second-order valence-electron chi connectivity index (χ2n) is 2.30. The van der Waals surface area contributed by atoms with Crippen molar-refractivity contribution in [3.8, 4) is 0 Å². The van der Waals surface area contributed by atoms with E-state index in [0.29, 0.717) is 0 Å². The molecule has 0 radical (unpaired) electrons. The van der Waals surface area contributed by atoms with Crippen LogP contribution in [0, 0.1) is 0 Å². The van der Waals surface area contributed by atoms with Gasteiger partial charge in [-0.1, -0.05) is 0 Å². The monoisotopic (exact) mass is 198 g/mol. The van der Waals surface area contributed by atoms with Gasteiger partial charge >= 0.3 is 0 Å². The van der Waals surface area contributed by atoms with E-state index >= 15 is 0 Å². The van der Waals surface area contributed by atoms with Gasteiger partial charge in [0.05, 0.1) is 13.2 Å². The van der Waals surface area contributed by atoms with Crippen LogP contribution < -0.4 is 0 Å². The average molecular weight is 198 g/mol. The van der Waals surface area contributed by atoms with Crippen LogP contribution in [0.4, 0.5) is 0 Å². The van der Waals surface area contributed by atoms with Gasteiger partial charge in [0.1, 0.15) is 16.6 Å². The van der Waals surface area contributed by atoms with Gasteiger partial charge in [-0.2, -0.15) is 0 Å². The third-order valence-electron chi connectivity index (χ3n) is 0.893. The topological polar surface area (TPSA) is 69.9 Å². The Morgan fingerprint density at radius 3 is 1.64 bits per heavy atom. The van der Waals surface area contributed by atoms with Crippen LogP contribution >= 0.6 is 0 Å². The minimum Gasteiger partial charge on any atom is -0.466 e. The lowest BCUT2D eigenvalue weighted by molar-refractivity contribution is 0.0450. The summed E-state index contributed by atoms with van der Waals surface area (Å²) >= 11 is 0. The predicted molar refractivity (Wildman–Crippen MR) is 50.1 cm³/mol. The van der Waals surface area contributed by atoms with Crippen LogP contribution in [0.25, 0.3) is 0 Å². The second-order valence-corrected chi connectivity index (χ2v) is 6.29. The molecule has 0 spiro atoms. The highest BCUT2D eigenvalue weighted by Gasteiger charge is 1.93. The molecule has 0 unspecified atom stereocenters. The molecule has 0 aliphatic carbocycles. The molecule has 3 N–H and O–H groups in total. The zero-order valence-electron chi connectivity index (χ0n) is 7.32. The van der Waals surface area contributed by atoms with E-state index in [1.165, 1.54) is 0 Å². The van der Waals surface area contributed by atoms with Crippen molar-refractivity contribution >= 4 is 19.5 Å². The summed E-state index contributed by atoms with van der Waals surface area (Å²) in [7, 11) is 0.347. The molecule has 0 aromatic heterocycles. The summed E-state index contributed by atoms with van der Waals surface area (Å²) in [5, 5.41) is 24.0. The van der Waals surface area contributed by atoms with Gasteiger partial charge in [0.2, 0.25) is 0 Å². The van der Waals surface area contributed by atoms with Crippen molar-refractivity contribution in [1.82, 2.24) is 0 Å². The Morgan fingerprint density at radius 1 is 1.36 bits per heavy atom. The number of hydrogen-bond donors (Lipinski definition) is 3. The average Bonchev–Trinajstić information content (AvgIpc) is 2.04. The smallest absolute Gasteiger partial charge is 0.156 e. The van der Waals surface area contributed by atoms with Crippen LogP contribution in [0.3, 0.4) is 0 Å². The van der Waals surface area contributed by atoms with Crippen LogP contribution in [-0.2, 0) is 4.12 Å². The Kier molecular flexibility index (Phi) is 12.9. The highest BCUT2D eigenvalue weighted by Crippen LogP contribution is 1.72. The fourth-order valence-electron chi connectivity index (χ4n) is 0.0577. The largest absolute Gasteiger partial charge is 0.466 e. The van der Waals surface area contributed by atoms with Gasteiger partial charge < -0.3 is 19.4 Å². The Labute approximate surface area is 72.1 Å². The van der Waals surface area contributed by atoms with Crippen LogP contribution in [0.2, 0.25) is 13.1 Å². The molecule has 4 nitrogen and oxygen atoms in total. The normalized spacial score (nSPS) is 10.1. The van der Waals surface area contributed by atoms with Crippen molar-refractivity contribution in [2.45, 2.75) is 19.2 Å². The first-order valence-corrected chi connectivity index (χ1v) is 7.10. The summed E-state index contributed by atoms with van der Waals surface area (Å²) in [5.41, 5.74) is 0. The Hall–Kier alpha value is 0.274. The third kappa shape index (κ3) is 17.9. The van der Waals surface area contributed by atoms with Gasteiger partial charge in [0.25, 0.3) is 0 Å². The molecule has 11 heavy (non-hydrogen) atoms. The molecule has 0 amide bonds. The van der Waals surface area contributed by atoms with Crippen LogP contribution in [0.1, 0.15) is 0 Å². The molecule has 0 heterocycles. The summed E-state index contributed by atoms with van der Waals surface area (Å²) in [6.07, 6.45) is -0.954. The van der Waals surface area contributed by atoms with Crippen molar-refractivity contribution in [1.29, 1.82) is 0 Å².